The number of rotatable bonds is 5. The second kappa shape index (κ2) is 5.81. The van der Waals surface area contributed by atoms with Crippen LogP contribution in [0, 0.1) is 11.7 Å². The van der Waals surface area contributed by atoms with Gasteiger partial charge in [-0.1, -0.05) is 26.7 Å². The smallest absolute Gasteiger partial charge is 0.146 e. The van der Waals surface area contributed by atoms with Gasteiger partial charge in [-0.15, -0.1) is 0 Å². The Morgan fingerprint density at radius 3 is 2.87 bits per heavy atom. The molecule has 2 N–H and O–H groups in total. The Morgan fingerprint density at radius 1 is 1.53 bits per heavy atom. The first-order valence-corrected chi connectivity index (χ1v) is 5.50. The summed E-state index contributed by atoms with van der Waals surface area (Å²) in [7, 11) is 0. The quantitative estimate of drug-likeness (QED) is 0.811. The standard InChI is InChI=1S/C12H19FN2/c1-3-4-9(2)7-12(14)10-5-6-15-8-11(10)13/h5-6,8-9,12H,3-4,7,14H2,1-2H3. The predicted molar refractivity (Wildman–Crippen MR) is 59.8 cm³/mol. The van der Waals surface area contributed by atoms with Crippen molar-refractivity contribution in [2.45, 2.75) is 39.2 Å². The van der Waals surface area contributed by atoms with E-state index in [2.05, 4.69) is 18.8 Å². The Labute approximate surface area is 90.7 Å². The van der Waals surface area contributed by atoms with Crippen molar-refractivity contribution in [3.05, 3.63) is 29.8 Å². The largest absolute Gasteiger partial charge is 0.324 e. The number of hydrogen-bond donors (Lipinski definition) is 1. The van der Waals surface area contributed by atoms with Crippen LogP contribution in [-0.2, 0) is 0 Å². The summed E-state index contributed by atoms with van der Waals surface area (Å²) in [6.45, 7) is 4.30. The third-order valence-corrected chi connectivity index (χ3v) is 2.64. The summed E-state index contributed by atoms with van der Waals surface area (Å²) >= 11 is 0. The molecule has 1 aromatic rings. The van der Waals surface area contributed by atoms with E-state index >= 15 is 0 Å². The molecule has 2 unspecified atom stereocenters. The highest BCUT2D eigenvalue weighted by Gasteiger charge is 2.14. The summed E-state index contributed by atoms with van der Waals surface area (Å²) in [6.07, 6.45) is 5.92. The maximum Gasteiger partial charge on any atom is 0.146 e. The lowest BCUT2D eigenvalue weighted by atomic mass is 9.94. The molecule has 0 aliphatic rings. The average Bonchev–Trinajstić information content (AvgIpc) is 2.18. The fraction of sp³-hybridized carbons (Fsp3) is 0.583. The van der Waals surface area contributed by atoms with Gasteiger partial charge in [0.2, 0.25) is 0 Å². The molecule has 0 amide bonds. The van der Waals surface area contributed by atoms with Crippen LogP contribution >= 0.6 is 0 Å². The van der Waals surface area contributed by atoms with Crippen LogP contribution in [0.1, 0.15) is 44.7 Å². The zero-order chi connectivity index (χ0) is 11.3. The van der Waals surface area contributed by atoms with Crippen LogP contribution in [0.25, 0.3) is 0 Å². The van der Waals surface area contributed by atoms with Gasteiger partial charge in [0.1, 0.15) is 5.82 Å². The maximum atomic E-state index is 13.3. The van der Waals surface area contributed by atoms with Crippen LogP contribution in [-0.4, -0.2) is 4.98 Å². The third-order valence-electron chi connectivity index (χ3n) is 2.64. The average molecular weight is 210 g/mol. The second-order valence-corrected chi connectivity index (χ2v) is 4.13. The minimum Gasteiger partial charge on any atom is -0.324 e. The van der Waals surface area contributed by atoms with Gasteiger partial charge < -0.3 is 5.73 Å². The Bertz CT molecular complexity index is 301. The Hall–Kier alpha value is -0.960. The van der Waals surface area contributed by atoms with Crippen molar-refractivity contribution < 1.29 is 4.39 Å². The van der Waals surface area contributed by atoms with Crippen molar-refractivity contribution in [2.75, 3.05) is 0 Å². The summed E-state index contributed by atoms with van der Waals surface area (Å²) in [4.78, 5) is 3.71. The summed E-state index contributed by atoms with van der Waals surface area (Å²) in [6, 6.07) is 1.45. The lowest BCUT2D eigenvalue weighted by Gasteiger charge is -2.17. The number of nitrogens with zero attached hydrogens (tertiary/aromatic N) is 1. The van der Waals surface area contributed by atoms with E-state index in [1.165, 1.54) is 6.20 Å². The number of halogens is 1. The molecule has 2 atom stereocenters. The van der Waals surface area contributed by atoms with Crippen molar-refractivity contribution in [1.29, 1.82) is 0 Å². The normalized spacial score (nSPS) is 14.9. The van der Waals surface area contributed by atoms with Crippen molar-refractivity contribution in [1.82, 2.24) is 4.98 Å². The van der Waals surface area contributed by atoms with Crippen molar-refractivity contribution in [3.8, 4) is 0 Å². The molecule has 0 fully saturated rings. The molecule has 2 nitrogen and oxygen atoms in total. The molecule has 0 bridgehead atoms. The molecule has 0 radical (unpaired) electrons. The third kappa shape index (κ3) is 3.59. The first kappa shape index (κ1) is 12.1. The van der Waals surface area contributed by atoms with E-state index in [1.54, 1.807) is 12.3 Å². The molecular weight excluding hydrogens is 191 g/mol. The van der Waals surface area contributed by atoms with Crippen LogP contribution in [0.2, 0.25) is 0 Å². The lowest BCUT2D eigenvalue weighted by molar-refractivity contribution is 0.431. The maximum absolute atomic E-state index is 13.3. The van der Waals surface area contributed by atoms with E-state index in [0.717, 1.165) is 19.3 Å². The number of pyridine rings is 1. The van der Waals surface area contributed by atoms with Gasteiger partial charge in [-0.2, -0.15) is 0 Å². The number of nitrogens with two attached hydrogens (primary N) is 1. The zero-order valence-electron chi connectivity index (χ0n) is 9.41. The van der Waals surface area contributed by atoms with E-state index in [4.69, 9.17) is 5.73 Å². The highest BCUT2D eigenvalue weighted by atomic mass is 19.1. The molecule has 0 saturated heterocycles. The molecule has 0 aliphatic carbocycles. The van der Waals surface area contributed by atoms with Crippen LogP contribution < -0.4 is 5.73 Å². The molecule has 84 valence electrons. The van der Waals surface area contributed by atoms with E-state index in [9.17, 15) is 4.39 Å². The van der Waals surface area contributed by atoms with E-state index in [0.29, 0.717) is 11.5 Å². The lowest BCUT2D eigenvalue weighted by Crippen LogP contribution is -2.15. The predicted octanol–water partition coefficient (Wildman–Crippen LogP) is 3.05. The number of aromatic nitrogens is 1. The Kier molecular flexibility index (Phi) is 4.69. The van der Waals surface area contributed by atoms with Crippen LogP contribution in [0.15, 0.2) is 18.5 Å². The summed E-state index contributed by atoms with van der Waals surface area (Å²) in [5, 5.41) is 0. The molecule has 3 heteroatoms. The van der Waals surface area contributed by atoms with E-state index in [1.807, 2.05) is 0 Å². The van der Waals surface area contributed by atoms with Gasteiger partial charge in [0.25, 0.3) is 0 Å². The molecule has 1 rings (SSSR count). The van der Waals surface area contributed by atoms with Gasteiger partial charge in [0.05, 0.1) is 6.20 Å². The molecule has 0 aliphatic heterocycles. The molecule has 0 spiro atoms. The van der Waals surface area contributed by atoms with Crippen LogP contribution in [0.4, 0.5) is 4.39 Å². The van der Waals surface area contributed by atoms with Gasteiger partial charge in [0.15, 0.2) is 0 Å². The summed E-state index contributed by atoms with van der Waals surface area (Å²) in [5.74, 6) is 0.242. The molecule has 0 aromatic carbocycles. The summed E-state index contributed by atoms with van der Waals surface area (Å²) in [5.41, 5.74) is 6.54. The molecule has 0 saturated carbocycles. The van der Waals surface area contributed by atoms with Gasteiger partial charge in [-0.3, -0.25) is 4.98 Å². The number of hydrogen-bond acceptors (Lipinski definition) is 2. The van der Waals surface area contributed by atoms with Gasteiger partial charge in [-0.25, -0.2) is 4.39 Å². The topological polar surface area (TPSA) is 38.9 Å². The molecular formula is C12H19FN2. The fourth-order valence-corrected chi connectivity index (χ4v) is 1.86. The minimum atomic E-state index is -0.298. The highest BCUT2D eigenvalue weighted by molar-refractivity contribution is 5.16. The Morgan fingerprint density at radius 2 is 2.27 bits per heavy atom. The van der Waals surface area contributed by atoms with E-state index < -0.39 is 0 Å². The first-order valence-electron chi connectivity index (χ1n) is 5.50. The van der Waals surface area contributed by atoms with Gasteiger partial charge >= 0.3 is 0 Å². The zero-order valence-corrected chi connectivity index (χ0v) is 9.41. The van der Waals surface area contributed by atoms with E-state index in [-0.39, 0.29) is 11.9 Å². The van der Waals surface area contributed by atoms with Crippen molar-refractivity contribution in [2.24, 2.45) is 11.7 Å². The van der Waals surface area contributed by atoms with Crippen LogP contribution in [0.5, 0.6) is 0 Å². The van der Waals surface area contributed by atoms with Crippen LogP contribution in [0.3, 0.4) is 0 Å². The monoisotopic (exact) mass is 210 g/mol. The second-order valence-electron chi connectivity index (χ2n) is 4.13. The molecule has 1 aromatic heterocycles. The van der Waals surface area contributed by atoms with Crippen molar-refractivity contribution in [3.63, 3.8) is 0 Å². The summed E-state index contributed by atoms with van der Waals surface area (Å²) < 4.78 is 13.3. The molecule has 1 heterocycles. The minimum absolute atomic E-state index is 0.213. The van der Waals surface area contributed by atoms with Gasteiger partial charge in [0, 0.05) is 17.8 Å². The van der Waals surface area contributed by atoms with Gasteiger partial charge in [-0.05, 0) is 18.4 Å². The highest BCUT2D eigenvalue weighted by Crippen LogP contribution is 2.22. The van der Waals surface area contributed by atoms with Crippen molar-refractivity contribution >= 4 is 0 Å². The molecule has 15 heavy (non-hydrogen) atoms. The Balaban J connectivity index is 2.61. The SMILES string of the molecule is CCCC(C)CC(N)c1ccncc1F. The fourth-order valence-electron chi connectivity index (χ4n) is 1.86. The first-order chi connectivity index (χ1) is 7.15.